The third kappa shape index (κ3) is 2.79. The lowest BCUT2D eigenvalue weighted by atomic mass is 9.99. The van der Waals surface area contributed by atoms with Crippen LogP contribution in [0.15, 0.2) is 24.4 Å². The standard InChI is InChI=1S/C19H24N2O3/c1-4-14-7-5-6-10-20(14)19(23)17-12-21(13(2)22)18-9-8-15(24-3)11-16(17)18/h8-9,11-12,14H,4-7,10H2,1-3H3. The molecule has 5 nitrogen and oxygen atoms in total. The molecule has 1 amide bonds. The Morgan fingerprint density at radius 1 is 1.29 bits per heavy atom. The minimum absolute atomic E-state index is 0.0137. The number of ether oxygens (including phenoxy) is 1. The molecule has 2 aromatic rings. The smallest absolute Gasteiger partial charge is 0.256 e. The zero-order valence-corrected chi connectivity index (χ0v) is 14.5. The van der Waals surface area contributed by atoms with Gasteiger partial charge in [0.15, 0.2) is 0 Å². The Labute approximate surface area is 142 Å². The summed E-state index contributed by atoms with van der Waals surface area (Å²) in [5, 5.41) is 0.773. The van der Waals surface area contributed by atoms with E-state index in [2.05, 4.69) is 6.92 Å². The summed E-state index contributed by atoms with van der Waals surface area (Å²) in [5.74, 6) is 0.596. The number of likely N-dealkylation sites (tertiary alicyclic amines) is 1. The van der Waals surface area contributed by atoms with Crippen LogP contribution < -0.4 is 4.74 Å². The molecule has 1 saturated heterocycles. The average Bonchev–Trinajstić information content (AvgIpc) is 2.99. The molecule has 0 aliphatic carbocycles. The first-order valence-corrected chi connectivity index (χ1v) is 8.57. The summed E-state index contributed by atoms with van der Waals surface area (Å²) in [4.78, 5) is 27.1. The van der Waals surface area contributed by atoms with E-state index in [1.807, 2.05) is 23.1 Å². The van der Waals surface area contributed by atoms with Gasteiger partial charge in [-0.1, -0.05) is 6.92 Å². The molecular weight excluding hydrogens is 304 g/mol. The molecule has 1 aliphatic rings. The number of benzene rings is 1. The number of nitrogens with zero attached hydrogens (tertiary/aromatic N) is 2. The highest BCUT2D eigenvalue weighted by Gasteiger charge is 2.28. The van der Waals surface area contributed by atoms with E-state index in [-0.39, 0.29) is 17.9 Å². The largest absolute Gasteiger partial charge is 0.497 e. The van der Waals surface area contributed by atoms with E-state index in [0.29, 0.717) is 11.3 Å². The minimum Gasteiger partial charge on any atom is -0.497 e. The predicted molar refractivity (Wildman–Crippen MR) is 93.8 cm³/mol. The molecule has 1 atom stereocenters. The van der Waals surface area contributed by atoms with Crippen LogP contribution in [0.4, 0.5) is 0 Å². The Kier molecular flexibility index (Phi) is 4.60. The molecule has 24 heavy (non-hydrogen) atoms. The van der Waals surface area contributed by atoms with Crippen molar-refractivity contribution in [2.24, 2.45) is 0 Å². The van der Waals surface area contributed by atoms with Crippen molar-refractivity contribution in [1.82, 2.24) is 9.47 Å². The number of hydrogen-bond acceptors (Lipinski definition) is 3. The van der Waals surface area contributed by atoms with Crippen molar-refractivity contribution < 1.29 is 14.3 Å². The van der Waals surface area contributed by atoms with Crippen LogP contribution in [-0.4, -0.2) is 41.0 Å². The zero-order chi connectivity index (χ0) is 17.3. The molecule has 0 saturated carbocycles. The molecule has 1 aromatic heterocycles. The Bertz CT molecular complexity index is 778. The first-order chi connectivity index (χ1) is 11.6. The van der Waals surface area contributed by atoms with Gasteiger partial charge in [-0.3, -0.25) is 14.2 Å². The second kappa shape index (κ2) is 6.67. The molecule has 0 bridgehead atoms. The van der Waals surface area contributed by atoms with Crippen LogP contribution >= 0.6 is 0 Å². The Morgan fingerprint density at radius 3 is 2.75 bits per heavy atom. The predicted octanol–water partition coefficient (Wildman–Crippen LogP) is 3.71. The number of fused-ring (bicyclic) bond motifs is 1. The molecule has 0 radical (unpaired) electrons. The number of rotatable bonds is 3. The van der Waals surface area contributed by atoms with Crippen LogP contribution in [-0.2, 0) is 0 Å². The first kappa shape index (κ1) is 16.6. The molecule has 1 aliphatic heterocycles. The van der Waals surface area contributed by atoms with Crippen LogP contribution in [0.1, 0.15) is 54.7 Å². The van der Waals surface area contributed by atoms with Gasteiger partial charge in [-0.15, -0.1) is 0 Å². The van der Waals surface area contributed by atoms with Crippen LogP contribution in [0.25, 0.3) is 10.9 Å². The Hall–Kier alpha value is -2.30. The van der Waals surface area contributed by atoms with Gasteiger partial charge in [0.25, 0.3) is 5.91 Å². The SMILES string of the molecule is CCC1CCCCN1C(=O)c1cn(C(C)=O)c2ccc(OC)cc12. The second-order valence-electron chi connectivity index (χ2n) is 6.37. The van der Waals surface area contributed by atoms with Gasteiger partial charge in [0.05, 0.1) is 18.2 Å². The maximum Gasteiger partial charge on any atom is 0.256 e. The summed E-state index contributed by atoms with van der Waals surface area (Å²) in [5.41, 5.74) is 1.33. The highest BCUT2D eigenvalue weighted by Crippen LogP contribution is 2.29. The molecule has 1 unspecified atom stereocenters. The minimum atomic E-state index is -0.102. The van der Waals surface area contributed by atoms with Crippen LogP contribution in [0.5, 0.6) is 5.75 Å². The van der Waals surface area contributed by atoms with Crippen LogP contribution in [0.3, 0.4) is 0 Å². The fourth-order valence-corrected chi connectivity index (χ4v) is 3.61. The Balaban J connectivity index is 2.10. The lowest BCUT2D eigenvalue weighted by molar-refractivity contribution is 0.0610. The van der Waals surface area contributed by atoms with Gasteiger partial charge in [0.1, 0.15) is 5.75 Å². The molecule has 2 heterocycles. The average molecular weight is 328 g/mol. The van der Waals surface area contributed by atoms with Gasteiger partial charge in [-0.05, 0) is 43.9 Å². The van der Waals surface area contributed by atoms with Crippen molar-refractivity contribution >= 4 is 22.7 Å². The molecule has 1 aromatic carbocycles. The first-order valence-electron chi connectivity index (χ1n) is 8.57. The van der Waals surface area contributed by atoms with Crippen molar-refractivity contribution in [2.75, 3.05) is 13.7 Å². The van der Waals surface area contributed by atoms with Gasteiger partial charge in [-0.2, -0.15) is 0 Å². The lowest BCUT2D eigenvalue weighted by Crippen LogP contribution is -2.43. The van der Waals surface area contributed by atoms with E-state index in [4.69, 9.17) is 4.74 Å². The fraction of sp³-hybridized carbons (Fsp3) is 0.474. The molecule has 1 fully saturated rings. The summed E-state index contributed by atoms with van der Waals surface area (Å²) in [7, 11) is 1.60. The van der Waals surface area contributed by atoms with Crippen LogP contribution in [0.2, 0.25) is 0 Å². The summed E-state index contributed by atoms with van der Waals surface area (Å²) >= 11 is 0. The normalized spacial score (nSPS) is 18.0. The number of aromatic nitrogens is 1. The van der Waals surface area contributed by atoms with Gasteiger partial charge in [-0.25, -0.2) is 0 Å². The number of methoxy groups -OCH3 is 1. The number of piperidine rings is 1. The van der Waals surface area contributed by atoms with Crippen LogP contribution in [0, 0.1) is 0 Å². The van der Waals surface area contributed by atoms with Gasteiger partial charge in [0, 0.05) is 31.1 Å². The van der Waals surface area contributed by atoms with Gasteiger partial charge >= 0.3 is 0 Å². The lowest BCUT2D eigenvalue weighted by Gasteiger charge is -2.35. The summed E-state index contributed by atoms with van der Waals surface area (Å²) in [6, 6.07) is 5.77. The number of carbonyl (C=O) groups excluding carboxylic acids is 2. The highest BCUT2D eigenvalue weighted by molar-refractivity contribution is 6.09. The van der Waals surface area contributed by atoms with E-state index >= 15 is 0 Å². The van der Waals surface area contributed by atoms with E-state index in [9.17, 15) is 9.59 Å². The van der Waals surface area contributed by atoms with Crippen molar-refractivity contribution in [2.45, 2.75) is 45.6 Å². The third-order valence-corrected chi connectivity index (χ3v) is 4.94. The van der Waals surface area contributed by atoms with E-state index in [1.165, 1.54) is 13.3 Å². The third-order valence-electron chi connectivity index (χ3n) is 4.94. The molecule has 128 valence electrons. The molecule has 5 heteroatoms. The number of carbonyl (C=O) groups is 2. The Morgan fingerprint density at radius 2 is 2.08 bits per heavy atom. The van der Waals surface area contributed by atoms with Crippen molar-refractivity contribution in [3.8, 4) is 5.75 Å². The molecular formula is C19H24N2O3. The maximum absolute atomic E-state index is 13.2. The fourth-order valence-electron chi connectivity index (χ4n) is 3.61. The summed E-state index contributed by atoms with van der Waals surface area (Å²) in [6.45, 7) is 4.42. The number of hydrogen-bond donors (Lipinski definition) is 0. The highest BCUT2D eigenvalue weighted by atomic mass is 16.5. The molecule has 0 spiro atoms. The topological polar surface area (TPSA) is 51.5 Å². The van der Waals surface area contributed by atoms with E-state index < -0.39 is 0 Å². The van der Waals surface area contributed by atoms with E-state index in [0.717, 1.165) is 36.7 Å². The van der Waals surface area contributed by atoms with Crippen molar-refractivity contribution in [1.29, 1.82) is 0 Å². The summed E-state index contributed by atoms with van der Waals surface area (Å²) < 4.78 is 6.84. The maximum atomic E-state index is 13.2. The summed E-state index contributed by atoms with van der Waals surface area (Å²) in [6.07, 6.45) is 5.90. The van der Waals surface area contributed by atoms with E-state index in [1.54, 1.807) is 17.9 Å². The van der Waals surface area contributed by atoms with Crippen molar-refractivity contribution in [3.05, 3.63) is 30.0 Å². The monoisotopic (exact) mass is 328 g/mol. The molecule has 3 rings (SSSR count). The van der Waals surface area contributed by atoms with Crippen molar-refractivity contribution in [3.63, 3.8) is 0 Å². The molecule has 0 N–H and O–H groups in total. The van der Waals surface area contributed by atoms with Gasteiger partial charge in [0.2, 0.25) is 5.91 Å². The van der Waals surface area contributed by atoms with Gasteiger partial charge < -0.3 is 9.64 Å². The second-order valence-corrected chi connectivity index (χ2v) is 6.37. The number of amides is 1. The zero-order valence-electron chi connectivity index (χ0n) is 14.5. The quantitative estimate of drug-likeness (QED) is 0.863.